The Morgan fingerprint density at radius 3 is 2.50 bits per heavy atom. The van der Waals surface area contributed by atoms with Crippen molar-refractivity contribution in [1.82, 2.24) is 10.2 Å². The summed E-state index contributed by atoms with van der Waals surface area (Å²) in [6.45, 7) is 6.20. The van der Waals surface area contributed by atoms with Gasteiger partial charge in [-0.2, -0.15) is 0 Å². The lowest BCUT2D eigenvalue weighted by Crippen LogP contribution is -2.45. The maximum absolute atomic E-state index is 14.3. The molecule has 128 valence electrons. The number of halogens is 4. The molecule has 1 aromatic rings. The Morgan fingerprint density at radius 2 is 1.91 bits per heavy atom. The molecule has 0 saturated carbocycles. The maximum atomic E-state index is 14.3. The Balaban J connectivity index is 0.00000220. The van der Waals surface area contributed by atoms with E-state index in [9.17, 15) is 4.39 Å². The van der Waals surface area contributed by atoms with E-state index in [4.69, 9.17) is 0 Å². The molecule has 6 heteroatoms. The minimum absolute atomic E-state index is 0. The van der Waals surface area contributed by atoms with Crippen molar-refractivity contribution in [3.63, 3.8) is 0 Å². The van der Waals surface area contributed by atoms with Gasteiger partial charge >= 0.3 is 0 Å². The Morgan fingerprint density at radius 1 is 1.23 bits per heavy atom. The van der Waals surface area contributed by atoms with Gasteiger partial charge in [0.25, 0.3) is 0 Å². The van der Waals surface area contributed by atoms with Crippen LogP contribution in [0.3, 0.4) is 0 Å². The van der Waals surface area contributed by atoms with Crippen molar-refractivity contribution in [2.75, 3.05) is 26.2 Å². The molecule has 1 aliphatic heterocycles. The second-order valence-electron chi connectivity index (χ2n) is 5.43. The van der Waals surface area contributed by atoms with Gasteiger partial charge in [-0.15, -0.1) is 24.8 Å². The normalized spacial score (nSPS) is 16.5. The van der Waals surface area contributed by atoms with Crippen LogP contribution in [0.1, 0.15) is 44.2 Å². The number of unbranched alkanes of at least 4 members (excludes halogenated alkanes) is 2. The predicted molar refractivity (Wildman–Crippen MR) is 99.9 cm³/mol. The van der Waals surface area contributed by atoms with E-state index in [-0.39, 0.29) is 36.7 Å². The molecule has 2 nitrogen and oxygen atoms in total. The molecule has 0 aliphatic carbocycles. The van der Waals surface area contributed by atoms with E-state index in [0.29, 0.717) is 0 Å². The molecule has 1 aliphatic rings. The average Bonchev–Trinajstić information content (AvgIpc) is 2.46. The third-order valence-corrected chi connectivity index (χ3v) is 4.70. The number of nitrogens with one attached hydrogen (secondary N) is 1. The van der Waals surface area contributed by atoms with Gasteiger partial charge in [-0.05, 0) is 18.6 Å². The lowest BCUT2D eigenvalue weighted by Gasteiger charge is -2.36. The van der Waals surface area contributed by atoms with Gasteiger partial charge in [-0.3, -0.25) is 4.90 Å². The van der Waals surface area contributed by atoms with Gasteiger partial charge in [0.1, 0.15) is 5.82 Å². The van der Waals surface area contributed by atoms with Crippen molar-refractivity contribution >= 4 is 40.7 Å². The van der Waals surface area contributed by atoms with E-state index >= 15 is 0 Å². The molecule has 0 radical (unpaired) electrons. The Bertz CT molecular complexity index is 408. The van der Waals surface area contributed by atoms with Crippen molar-refractivity contribution in [3.8, 4) is 0 Å². The van der Waals surface area contributed by atoms with Crippen LogP contribution >= 0.6 is 40.7 Å². The van der Waals surface area contributed by atoms with Crippen LogP contribution in [0, 0.1) is 5.82 Å². The van der Waals surface area contributed by atoms with Crippen molar-refractivity contribution in [2.45, 2.75) is 38.6 Å². The van der Waals surface area contributed by atoms with Crippen LogP contribution < -0.4 is 5.32 Å². The summed E-state index contributed by atoms with van der Waals surface area (Å²) >= 11 is 3.54. The van der Waals surface area contributed by atoms with Gasteiger partial charge < -0.3 is 5.32 Å². The minimum atomic E-state index is -0.0839. The smallest absolute Gasteiger partial charge is 0.129 e. The first-order chi connectivity index (χ1) is 9.74. The van der Waals surface area contributed by atoms with Crippen LogP contribution in [-0.2, 0) is 0 Å². The van der Waals surface area contributed by atoms with E-state index in [1.807, 2.05) is 6.07 Å². The molecule has 0 spiro atoms. The van der Waals surface area contributed by atoms with Gasteiger partial charge in [-0.1, -0.05) is 48.2 Å². The summed E-state index contributed by atoms with van der Waals surface area (Å²) in [5, 5.41) is 3.37. The molecule has 1 heterocycles. The summed E-state index contributed by atoms with van der Waals surface area (Å²) in [6, 6.07) is 5.49. The third kappa shape index (κ3) is 5.97. The summed E-state index contributed by atoms with van der Waals surface area (Å²) < 4.78 is 15.2. The van der Waals surface area contributed by atoms with E-state index in [1.54, 1.807) is 12.1 Å². The average molecular weight is 416 g/mol. The molecule has 0 bridgehead atoms. The van der Waals surface area contributed by atoms with Crippen molar-refractivity contribution < 1.29 is 4.39 Å². The second-order valence-corrected chi connectivity index (χ2v) is 6.29. The molecule has 1 atom stereocenters. The standard InChI is InChI=1S/C16H24BrFN2.2ClH/c1-2-3-4-8-15(20-11-9-19-10-12-20)16-13(17)6-5-7-14(16)18;;/h5-7,15,19H,2-4,8-12H2,1H3;2*1H/t15-;;/m0../s1. The highest BCUT2D eigenvalue weighted by atomic mass is 79.9. The first-order valence-corrected chi connectivity index (χ1v) is 8.42. The lowest BCUT2D eigenvalue weighted by atomic mass is 9.97. The molecule has 0 aromatic heterocycles. The van der Waals surface area contributed by atoms with E-state index in [1.165, 1.54) is 12.8 Å². The first kappa shape index (κ1) is 22.1. The Labute approximate surface area is 154 Å². The molecule has 0 amide bonds. The van der Waals surface area contributed by atoms with Gasteiger partial charge in [0, 0.05) is 42.3 Å². The van der Waals surface area contributed by atoms with E-state index in [0.717, 1.165) is 49.1 Å². The van der Waals surface area contributed by atoms with Crippen LogP contribution in [0.4, 0.5) is 4.39 Å². The second kappa shape index (κ2) is 11.6. The molecule has 1 saturated heterocycles. The largest absolute Gasteiger partial charge is 0.314 e. The highest BCUT2D eigenvalue weighted by molar-refractivity contribution is 9.10. The van der Waals surface area contributed by atoms with Gasteiger partial charge in [-0.25, -0.2) is 4.39 Å². The Hall–Kier alpha value is 0.130. The van der Waals surface area contributed by atoms with Crippen LogP contribution in [0.5, 0.6) is 0 Å². The van der Waals surface area contributed by atoms with E-state index in [2.05, 4.69) is 33.1 Å². The fourth-order valence-corrected chi connectivity index (χ4v) is 3.53. The van der Waals surface area contributed by atoms with Crippen LogP contribution in [-0.4, -0.2) is 31.1 Å². The number of hydrogen-bond donors (Lipinski definition) is 1. The SMILES string of the molecule is CCCCC[C@@H](c1c(F)cccc1Br)N1CCNCC1.Cl.Cl. The van der Waals surface area contributed by atoms with Crippen molar-refractivity contribution in [3.05, 3.63) is 34.1 Å². The molecular formula is C16H26BrCl2FN2. The zero-order valence-corrected chi connectivity index (χ0v) is 16.2. The van der Waals surface area contributed by atoms with Crippen LogP contribution in [0.2, 0.25) is 0 Å². The topological polar surface area (TPSA) is 15.3 Å². The van der Waals surface area contributed by atoms with Crippen LogP contribution in [0.15, 0.2) is 22.7 Å². The third-order valence-electron chi connectivity index (χ3n) is 4.01. The molecule has 1 aromatic carbocycles. The van der Waals surface area contributed by atoms with E-state index < -0.39 is 0 Å². The monoisotopic (exact) mass is 414 g/mol. The summed E-state index contributed by atoms with van der Waals surface area (Å²) in [4.78, 5) is 2.43. The zero-order chi connectivity index (χ0) is 14.4. The molecular weight excluding hydrogens is 390 g/mol. The molecule has 22 heavy (non-hydrogen) atoms. The first-order valence-electron chi connectivity index (χ1n) is 7.62. The van der Waals surface area contributed by atoms with Gasteiger partial charge in [0.2, 0.25) is 0 Å². The van der Waals surface area contributed by atoms with Gasteiger partial charge in [0.05, 0.1) is 0 Å². The molecule has 0 unspecified atom stereocenters. The highest BCUT2D eigenvalue weighted by Crippen LogP contribution is 2.34. The quantitative estimate of drug-likeness (QED) is 0.660. The molecule has 2 rings (SSSR count). The highest BCUT2D eigenvalue weighted by Gasteiger charge is 2.25. The summed E-state index contributed by atoms with van der Waals surface area (Å²) in [7, 11) is 0. The van der Waals surface area contributed by atoms with Crippen LogP contribution in [0.25, 0.3) is 0 Å². The fraction of sp³-hybridized carbons (Fsp3) is 0.625. The predicted octanol–water partition coefficient (Wildman–Crippen LogP) is 4.96. The number of hydrogen-bond acceptors (Lipinski definition) is 2. The fourth-order valence-electron chi connectivity index (χ4n) is 2.92. The maximum Gasteiger partial charge on any atom is 0.129 e. The number of nitrogens with zero attached hydrogens (tertiary/aromatic N) is 1. The summed E-state index contributed by atoms with van der Waals surface area (Å²) in [5.41, 5.74) is 0.838. The Kier molecular flexibility index (Phi) is 11.7. The van der Waals surface area contributed by atoms with Crippen molar-refractivity contribution in [2.24, 2.45) is 0 Å². The summed E-state index contributed by atoms with van der Waals surface area (Å²) in [6.07, 6.45) is 4.61. The lowest BCUT2D eigenvalue weighted by molar-refractivity contribution is 0.159. The number of benzene rings is 1. The van der Waals surface area contributed by atoms with Crippen molar-refractivity contribution in [1.29, 1.82) is 0 Å². The zero-order valence-electron chi connectivity index (χ0n) is 13.0. The minimum Gasteiger partial charge on any atom is -0.314 e. The number of rotatable bonds is 6. The van der Waals surface area contributed by atoms with Gasteiger partial charge in [0.15, 0.2) is 0 Å². The summed E-state index contributed by atoms with van der Waals surface area (Å²) in [5.74, 6) is -0.0839. The number of piperazine rings is 1. The molecule has 1 fully saturated rings. The molecule has 1 N–H and O–H groups in total.